The van der Waals surface area contributed by atoms with E-state index in [0.717, 1.165) is 25.7 Å². The molecule has 2 amide bonds. The summed E-state index contributed by atoms with van der Waals surface area (Å²) in [6, 6.07) is 0.0730. The van der Waals surface area contributed by atoms with Crippen LogP contribution >= 0.6 is 0 Å². The highest BCUT2D eigenvalue weighted by Gasteiger charge is 2.30. The molecule has 1 saturated carbocycles. The van der Waals surface area contributed by atoms with Crippen molar-refractivity contribution in [3.63, 3.8) is 0 Å². The molecule has 2 rings (SSSR count). The molecular formula is C11H17N5O2. The molecule has 98 valence electrons. The maximum atomic E-state index is 12.3. The molecule has 0 unspecified atom stereocenters. The highest BCUT2D eigenvalue weighted by molar-refractivity contribution is 5.93. The van der Waals surface area contributed by atoms with Crippen molar-refractivity contribution in [2.75, 3.05) is 6.54 Å². The topological polar surface area (TPSA) is 105 Å². The average molecular weight is 251 g/mol. The van der Waals surface area contributed by atoms with E-state index in [4.69, 9.17) is 5.73 Å². The minimum atomic E-state index is -0.512. The lowest BCUT2D eigenvalue weighted by Crippen LogP contribution is -2.44. The second kappa shape index (κ2) is 5.16. The summed E-state index contributed by atoms with van der Waals surface area (Å²) in [5.74, 6) is -0.169. The van der Waals surface area contributed by atoms with Crippen LogP contribution in [0.25, 0.3) is 0 Å². The van der Waals surface area contributed by atoms with E-state index in [2.05, 4.69) is 15.2 Å². The first-order valence-electron chi connectivity index (χ1n) is 6.06. The van der Waals surface area contributed by atoms with E-state index in [9.17, 15) is 9.59 Å². The van der Waals surface area contributed by atoms with Crippen LogP contribution in [0.3, 0.4) is 0 Å². The minimum absolute atomic E-state index is 0.0723. The van der Waals surface area contributed by atoms with Gasteiger partial charge in [0.15, 0.2) is 0 Å². The summed E-state index contributed by atoms with van der Waals surface area (Å²) in [4.78, 5) is 28.8. The summed E-state index contributed by atoms with van der Waals surface area (Å²) in [5, 5.41) is 6.46. The van der Waals surface area contributed by atoms with Gasteiger partial charge in [0, 0.05) is 6.04 Å². The van der Waals surface area contributed by atoms with Gasteiger partial charge in [0.25, 0.3) is 5.91 Å². The molecule has 0 atom stereocenters. The fourth-order valence-corrected chi connectivity index (χ4v) is 2.32. The van der Waals surface area contributed by atoms with Crippen LogP contribution in [0, 0.1) is 6.92 Å². The van der Waals surface area contributed by atoms with Crippen LogP contribution in [0.1, 0.15) is 42.1 Å². The maximum absolute atomic E-state index is 12.3. The van der Waals surface area contributed by atoms with Crippen LogP contribution in [-0.4, -0.2) is 44.5 Å². The van der Waals surface area contributed by atoms with Crippen LogP contribution in [0.2, 0.25) is 0 Å². The normalized spacial score (nSPS) is 15.8. The van der Waals surface area contributed by atoms with Gasteiger partial charge in [-0.2, -0.15) is 0 Å². The van der Waals surface area contributed by atoms with Crippen molar-refractivity contribution in [2.45, 2.75) is 38.6 Å². The molecule has 1 aromatic heterocycles. The number of H-pyrrole nitrogens is 1. The molecule has 1 aliphatic carbocycles. The third-order valence-corrected chi connectivity index (χ3v) is 3.14. The van der Waals surface area contributed by atoms with E-state index in [1.807, 2.05) is 0 Å². The molecule has 1 aromatic rings. The SMILES string of the molecule is Cc1nc(C(=O)N(CC(N)=O)C2CCCC2)n[nH]1. The minimum Gasteiger partial charge on any atom is -0.368 e. The molecule has 7 heteroatoms. The molecular weight excluding hydrogens is 234 g/mol. The van der Waals surface area contributed by atoms with Crippen LogP contribution in [0.4, 0.5) is 0 Å². The Kier molecular flexibility index (Phi) is 3.59. The summed E-state index contributed by atoms with van der Waals surface area (Å²) in [7, 11) is 0. The zero-order chi connectivity index (χ0) is 13.1. The van der Waals surface area contributed by atoms with Gasteiger partial charge in [-0.05, 0) is 19.8 Å². The van der Waals surface area contributed by atoms with E-state index in [-0.39, 0.29) is 24.3 Å². The first-order valence-corrected chi connectivity index (χ1v) is 6.06. The molecule has 1 fully saturated rings. The number of hydrogen-bond donors (Lipinski definition) is 2. The molecule has 0 spiro atoms. The van der Waals surface area contributed by atoms with E-state index >= 15 is 0 Å². The van der Waals surface area contributed by atoms with E-state index in [1.165, 1.54) is 4.90 Å². The summed E-state index contributed by atoms with van der Waals surface area (Å²) in [6.45, 7) is 1.65. The van der Waals surface area contributed by atoms with Crippen molar-refractivity contribution < 1.29 is 9.59 Å². The van der Waals surface area contributed by atoms with Gasteiger partial charge in [0.2, 0.25) is 11.7 Å². The molecule has 0 bridgehead atoms. The Balaban J connectivity index is 2.17. The molecule has 18 heavy (non-hydrogen) atoms. The number of aromatic amines is 1. The van der Waals surface area contributed by atoms with Gasteiger partial charge in [-0.1, -0.05) is 12.8 Å². The van der Waals surface area contributed by atoms with Gasteiger partial charge in [0.1, 0.15) is 12.4 Å². The molecule has 1 aliphatic rings. The highest BCUT2D eigenvalue weighted by atomic mass is 16.2. The van der Waals surface area contributed by atoms with Crippen LogP contribution in [-0.2, 0) is 4.79 Å². The van der Waals surface area contributed by atoms with E-state index < -0.39 is 5.91 Å². The Morgan fingerprint density at radius 3 is 2.61 bits per heavy atom. The molecule has 0 saturated heterocycles. The number of rotatable bonds is 4. The highest BCUT2D eigenvalue weighted by Crippen LogP contribution is 2.24. The van der Waals surface area contributed by atoms with Crippen molar-refractivity contribution in [3.05, 3.63) is 11.6 Å². The van der Waals surface area contributed by atoms with Crippen LogP contribution in [0.15, 0.2) is 0 Å². The molecule has 0 aromatic carbocycles. The maximum Gasteiger partial charge on any atom is 0.294 e. The Morgan fingerprint density at radius 1 is 1.44 bits per heavy atom. The van der Waals surface area contributed by atoms with Crippen molar-refractivity contribution in [1.29, 1.82) is 0 Å². The first kappa shape index (κ1) is 12.5. The third-order valence-electron chi connectivity index (χ3n) is 3.14. The lowest BCUT2D eigenvalue weighted by Gasteiger charge is -2.26. The second-order valence-electron chi connectivity index (χ2n) is 4.58. The Bertz CT molecular complexity index is 450. The van der Waals surface area contributed by atoms with Crippen LogP contribution in [0.5, 0.6) is 0 Å². The van der Waals surface area contributed by atoms with Gasteiger partial charge in [-0.3, -0.25) is 14.7 Å². The number of carbonyl (C=O) groups is 2. The Labute approximate surface area is 105 Å². The quantitative estimate of drug-likeness (QED) is 0.784. The largest absolute Gasteiger partial charge is 0.368 e. The molecule has 1 heterocycles. The summed E-state index contributed by atoms with van der Waals surface area (Å²) in [6.07, 6.45) is 3.95. The van der Waals surface area contributed by atoms with Gasteiger partial charge in [-0.25, -0.2) is 4.98 Å². The molecule has 0 radical (unpaired) electrons. The standard InChI is InChI=1S/C11H17N5O2/c1-7-13-10(15-14-7)11(18)16(6-9(12)17)8-4-2-3-5-8/h8H,2-6H2,1H3,(H2,12,17)(H,13,14,15). The number of nitrogens with one attached hydrogen (secondary N) is 1. The fraction of sp³-hybridized carbons (Fsp3) is 0.636. The number of primary amides is 1. The number of amides is 2. The molecule has 0 aliphatic heterocycles. The monoisotopic (exact) mass is 251 g/mol. The number of aryl methyl sites for hydroxylation is 1. The van der Waals surface area contributed by atoms with E-state index in [0.29, 0.717) is 5.82 Å². The third kappa shape index (κ3) is 2.66. The first-order chi connectivity index (χ1) is 8.58. The van der Waals surface area contributed by atoms with Crippen molar-refractivity contribution >= 4 is 11.8 Å². The molecule has 3 N–H and O–H groups in total. The van der Waals surface area contributed by atoms with Gasteiger partial charge in [-0.15, -0.1) is 5.10 Å². The number of aromatic nitrogens is 3. The van der Waals surface area contributed by atoms with Gasteiger partial charge in [0.05, 0.1) is 0 Å². The average Bonchev–Trinajstić information content (AvgIpc) is 2.95. The van der Waals surface area contributed by atoms with Crippen molar-refractivity contribution in [3.8, 4) is 0 Å². The predicted molar refractivity (Wildman–Crippen MR) is 63.6 cm³/mol. The molecule has 7 nitrogen and oxygen atoms in total. The predicted octanol–water partition coefficient (Wildman–Crippen LogP) is -0.0168. The summed E-state index contributed by atoms with van der Waals surface area (Å²) < 4.78 is 0. The number of carbonyl (C=O) groups excluding carboxylic acids is 2. The summed E-state index contributed by atoms with van der Waals surface area (Å²) >= 11 is 0. The lowest BCUT2D eigenvalue weighted by molar-refractivity contribution is -0.119. The van der Waals surface area contributed by atoms with E-state index in [1.54, 1.807) is 6.92 Å². The zero-order valence-electron chi connectivity index (χ0n) is 10.3. The van der Waals surface area contributed by atoms with Gasteiger partial charge < -0.3 is 10.6 Å². The van der Waals surface area contributed by atoms with Crippen molar-refractivity contribution in [1.82, 2.24) is 20.1 Å². The lowest BCUT2D eigenvalue weighted by atomic mass is 10.2. The summed E-state index contributed by atoms with van der Waals surface area (Å²) in [5.41, 5.74) is 5.20. The smallest absolute Gasteiger partial charge is 0.294 e. The van der Waals surface area contributed by atoms with Gasteiger partial charge >= 0.3 is 0 Å². The number of hydrogen-bond acceptors (Lipinski definition) is 4. The Morgan fingerprint density at radius 2 is 2.11 bits per heavy atom. The Hall–Kier alpha value is -1.92. The second-order valence-corrected chi connectivity index (χ2v) is 4.58. The number of nitrogens with two attached hydrogens (primary N) is 1. The number of nitrogens with zero attached hydrogens (tertiary/aromatic N) is 3. The van der Waals surface area contributed by atoms with Crippen LogP contribution < -0.4 is 5.73 Å². The fourth-order valence-electron chi connectivity index (χ4n) is 2.32. The zero-order valence-corrected chi connectivity index (χ0v) is 10.3. The van der Waals surface area contributed by atoms with Crippen molar-refractivity contribution in [2.24, 2.45) is 5.73 Å².